The third-order valence-electron chi connectivity index (χ3n) is 6.90. The van der Waals surface area contributed by atoms with E-state index in [1.54, 1.807) is 36.8 Å². The number of rotatable bonds is 8. The number of hydrogen-bond donors (Lipinski definition) is 4. The maximum absolute atomic E-state index is 13.3. The molecule has 0 radical (unpaired) electrons. The summed E-state index contributed by atoms with van der Waals surface area (Å²) < 4.78 is 29.6. The van der Waals surface area contributed by atoms with Gasteiger partial charge in [-0.3, -0.25) is 4.79 Å². The van der Waals surface area contributed by atoms with E-state index in [1.165, 1.54) is 0 Å². The fourth-order valence-corrected chi connectivity index (χ4v) is 5.66. The van der Waals surface area contributed by atoms with E-state index >= 15 is 0 Å². The molecule has 2 atom stereocenters. The lowest BCUT2D eigenvalue weighted by molar-refractivity contribution is 0.0954. The highest BCUT2D eigenvalue weighted by Gasteiger charge is 2.41. The van der Waals surface area contributed by atoms with Crippen LogP contribution in [-0.2, 0) is 22.9 Å². The van der Waals surface area contributed by atoms with Crippen LogP contribution in [0.25, 0.3) is 0 Å². The molecule has 0 saturated heterocycles. The lowest BCUT2D eigenvalue weighted by Gasteiger charge is -2.44. The third kappa shape index (κ3) is 5.41. The second-order valence-electron chi connectivity index (χ2n) is 9.62. The minimum absolute atomic E-state index is 0.0848. The second kappa shape index (κ2) is 9.83. The molecule has 0 aliphatic carbocycles. The van der Waals surface area contributed by atoms with Gasteiger partial charge in [-0.15, -0.1) is 0 Å². The minimum atomic E-state index is -3.77. The molecule has 2 heterocycles. The first-order valence-electron chi connectivity index (χ1n) is 11.9. The van der Waals surface area contributed by atoms with Gasteiger partial charge < -0.3 is 15.6 Å². The van der Waals surface area contributed by atoms with Crippen molar-refractivity contribution in [3.8, 4) is 0 Å². The Labute approximate surface area is 207 Å². The Bertz CT molecular complexity index is 1290. The van der Waals surface area contributed by atoms with Crippen LogP contribution in [0.4, 0.5) is 5.69 Å². The lowest BCUT2D eigenvalue weighted by atomic mass is 9.76. The number of amides is 1. The average molecular weight is 496 g/mol. The summed E-state index contributed by atoms with van der Waals surface area (Å²) in [6.07, 6.45) is 4.82. The number of aromatic amines is 1. The summed E-state index contributed by atoms with van der Waals surface area (Å²) in [6, 6.07) is 11.9. The molecule has 2 aromatic carbocycles. The summed E-state index contributed by atoms with van der Waals surface area (Å²) in [6.45, 7) is 8.61. The number of carbonyl (C=O) groups is 1. The second-order valence-corrected chi connectivity index (χ2v) is 11.3. The van der Waals surface area contributed by atoms with Crippen molar-refractivity contribution in [1.29, 1.82) is 0 Å². The smallest absolute Gasteiger partial charge is 0.251 e. The van der Waals surface area contributed by atoms with Crippen molar-refractivity contribution in [2.45, 2.75) is 57.0 Å². The molecule has 1 amide bonds. The fraction of sp³-hybridized carbons (Fsp3) is 0.385. The predicted molar refractivity (Wildman–Crippen MR) is 137 cm³/mol. The number of imidazole rings is 1. The van der Waals surface area contributed by atoms with Crippen LogP contribution in [0, 0.1) is 5.92 Å². The standard InChI is InChI=1S/C26H33N5O3S/c1-5-18-6-9-21(10-7-18)35(33,34)31-24-17(2)26(3,4)30-23-11-8-19(14-22(23)24)25(32)28-13-12-20-15-27-16-29-20/h6-11,14-17,24,30-31H,5,12-13H2,1-4H3,(H,27,29)(H,28,32)/t17-,24-/m0/s1. The molecule has 0 fully saturated rings. The van der Waals surface area contributed by atoms with Gasteiger partial charge in [0.25, 0.3) is 5.91 Å². The van der Waals surface area contributed by atoms with Crippen LogP contribution in [0.3, 0.4) is 0 Å². The van der Waals surface area contributed by atoms with Gasteiger partial charge in [0, 0.05) is 41.6 Å². The van der Waals surface area contributed by atoms with Crippen molar-refractivity contribution in [1.82, 2.24) is 20.0 Å². The topological polar surface area (TPSA) is 116 Å². The van der Waals surface area contributed by atoms with Crippen molar-refractivity contribution in [3.63, 3.8) is 0 Å². The summed E-state index contributed by atoms with van der Waals surface area (Å²) in [4.78, 5) is 20.1. The van der Waals surface area contributed by atoms with E-state index < -0.39 is 16.1 Å². The summed E-state index contributed by atoms with van der Waals surface area (Å²) in [5.74, 6) is -0.292. The van der Waals surface area contributed by atoms with Crippen molar-refractivity contribution in [2.75, 3.05) is 11.9 Å². The number of benzene rings is 2. The molecule has 4 rings (SSSR count). The van der Waals surface area contributed by atoms with Gasteiger partial charge in [-0.05, 0) is 67.6 Å². The van der Waals surface area contributed by atoms with Crippen LogP contribution >= 0.6 is 0 Å². The summed E-state index contributed by atoms with van der Waals surface area (Å²) >= 11 is 0. The number of carbonyl (C=O) groups excluding carboxylic acids is 1. The molecule has 1 aliphatic heterocycles. The van der Waals surface area contributed by atoms with E-state index in [-0.39, 0.29) is 22.3 Å². The minimum Gasteiger partial charge on any atom is -0.380 e. The third-order valence-corrected chi connectivity index (χ3v) is 8.36. The van der Waals surface area contributed by atoms with Gasteiger partial charge >= 0.3 is 0 Å². The molecular weight excluding hydrogens is 462 g/mol. The summed E-state index contributed by atoms with van der Waals surface area (Å²) in [5.41, 5.74) is 3.72. The zero-order chi connectivity index (χ0) is 25.2. The maximum Gasteiger partial charge on any atom is 0.251 e. The van der Waals surface area contributed by atoms with E-state index in [4.69, 9.17) is 0 Å². The molecule has 3 aromatic rings. The van der Waals surface area contributed by atoms with Gasteiger partial charge in [-0.1, -0.05) is 26.0 Å². The van der Waals surface area contributed by atoms with Crippen LogP contribution in [0.1, 0.15) is 60.9 Å². The normalized spacial score (nSPS) is 19.0. The van der Waals surface area contributed by atoms with Crippen molar-refractivity contribution in [3.05, 3.63) is 77.4 Å². The number of anilines is 1. The summed E-state index contributed by atoms with van der Waals surface area (Å²) in [7, 11) is -3.77. The molecule has 35 heavy (non-hydrogen) atoms. The van der Waals surface area contributed by atoms with Crippen molar-refractivity contribution >= 4 is 21.6 Å². The number of hydrogen-bond acceptors (Lipinski definition) is 5. The number of H-pyrrole nitrogens is 1. The maximum atomic E-state index is 13.3. The summed E-state index contributed by atoms with van der Waals surface area (Å²) in [5, 5.41) is 6.43. The Morgan fingerprint density at radius 1 is 1.14 bits per heavy atom. The van der Waals surface area contributed by atoms with Gasteiger partial charge in [-0.2, -0.15) is 0 Å². The highest BCUT2D eigenvalue weighted by molar-refractivity contribution is 7.89. The van der Waals surface area contributed by atoms with E-state index in [1.807, 2.05) is 45.9 Å². The van der Waals surface area contributed by atoms with Crippen LogP contribution in [0.2, 0.25) is 0 Å². The largest absolute Gasteiger partial charge is 0.380 e. The highest BCUT2D eigenvalue weighted by atomic mass is 32.2. The van der Waals surface area contributed by atoms with Gasteiger partial charge in [0.05, 0.1) is 17.3 Å². The first kappa shape index (κ1) is 24.9. The Morgan fingerprint density at radius 2 is 1.89 bits per heavy atom. The van der Waals surface area contributed by atoms with E-state index in [0.717, 1.165) is 28.9 Å². The van der Waals surface area contributed by atoms with E-state index in [0.29, 0.717) is 18.5 Å². The molecular formula is C26H33N5O3S. The molecule has 0 unspecified atom stereocenters. The number of nitrogens with zero attached hydrogens (tertiary/aromatic N) is 1. The number of fused-ring (bicyclic) bond motifs is 1. The van der Waals surface area contributed by atoms with Crippen LogP contribution < -0.4 is 15.4 Å². The molecule has 186 valence electrons. The first-order valence-corrected chi connectivity index (χ1v) is 13.4. The molecule has 0 bridgehead atoms. The zero-order valence-electron chi connectivity index (χ0n) is 20.6. The number of aromatic nitrogens is 2. The number of aryl methyl sites for hydroxylation is 1. The molecule has 8 nitrogen and oxygen atoms in total. The molecule has 1 aromatic heterocycles. The SMILES string of the molecule is CCc1ccc(S(=O)(=O)N[C@@H]2c3cc(C(=O)NCCc4cnc[nH]4)ccc3NC(C)(C)[C@H]2C)cc1. The molecule has 0 saturated carbocycles. The monoisotopic (exact) mass is 495 g/mol. The molecule has 4 N–H and O–H groups in total. The van der Waals surface area contributed by atoms with Crippen LogP contribution in [-0.4, -0.2) is 36.4 Å². The number of sulfonamides is 1. The Kier molecular flexibility index (Phi) is 7.00. The average Bonchev–Trinajstić information content (AvgIpc) is 3.35. The molecule has 9 heteroatoms. The van der Waals surface area contributed by atoms with Crippen LogP contribution in [0.15, 0.2) is 59.9 Å². The lowest BCUT2D eigenvalue weighted by Crippen LogP contribution is -2.49. The quantitative estimate of drug-likeness (QED) is 0.379. The van der Waals surface area contributed by atoms with E-state index in [9.17, 15) is 13.2 Å². The predicted octanol–water partition coefficient (Wildman–Crippen LogP) is 3.80. The molecule has 1 aliphatic rings. The van der Waals surface area contributed by atoms with Crippen LogP contribution in [0.5, 0.6) is 0 Å². The van der Waals surface area contributed by atoms with Gasteiger partial charge in [-0.25, -0.2) is 18.1 Å². The zero-order valence-corrected chi connectivity index (χ0v) is 21.4. The Morgan fingerprint density at radius 3 is 2.54 bits per heavy atom. The van der Waals surface area contributed by atoms with Gasteiger partial charge in [0.2, 0.25) is 10.0 Å². The Balaban J connectivity index is 1.59. The van der Waals surface area contributed by atoms with Crippen molar-refractivity contribution < 1.29 is 13.2 Å². The Hall–Kier alpha value is -3.17. The van der Waals surface area contributed by atoms with Gasteiger partial charge in [0.15, 0.2) is 0 Å². The fourth-order valence-electron chi connectivity index (χ4n) is 4.36. The van der Waals surface area contributed by atoms with Crippen molar-refractivity contribution in [2.24, 2.45) is 5.92 Å². The molecule has 0 spiro atoms. The van der Waals surface area contributed by atoms with E-state index in [2.05, 4.69) is 25.3 Å². The van der Waals surface area contributed by atoms with Gasteiger partial charge in [0.1, 0.15) is 0 Å². The number of nitrogens with one attached hydrogen (secondary N) is 4. The highest BCUT2D eigenvalue weighted by Crippen LogP contribution is 2.42. The first-order chi connectivity index (χ1) is 16.6.